The highest BCUT2D eigenvalue weighted by molar-refractivity contribution is 9.39. The maximum atomic E-state index is 13.4. The minimum absolute atomic E-state index is 0.0980. The molecule has 4 amide bonds. The van der Waals surface area contributed by atoms with Crippen LogP contribution in [0, 0.1) is 0 Å². The van der Waals surface area contributed by atoms with Gasteiger partial charge in [0, 0.05) is 12.8 Å². The van der Waals surface area contributed by atoms with Crippen molar-refractivity contribution in [2.24, 2.45) is 0 Å². The van der Waals surface area contributed by atoms with Crippen LogP contribution in [-0.2, 0) is 31.9 Å². The van der Waals surface area contributed by atoms with Crippen LogP contribution in [0.1, 0.15) is 140 Å². The molecule has 0 aliphatic heterocycles. The Kier molecular flexibility index (Phi) is 31.2. The van der Waals surface area contributed by atoms with E-state index in [4.69, 9.17) is 32.7 Å². The van der Waals surface area contributed by atoms with Crippen LogP contribution >= 0.6 is 119 Å². The largest absolute Gasteiger partial charge is 0.464 e. The molecule has 0 bridgehead atoms. The van der Waals surface area contributed by atoms with Gasteiger partial charge in [0.05, 0.1) is 34.6 Å². The molecule has 378 valence electrons. The highest BCUT2D eigenvalue weighted by Gasteiger charge is 2.26. The Morgan fingerprint density at radius 1 is 0.456 bits per heavy atom. The number of esters is 2. The predicted octanol–water partition coefficient (Wildman–Crippen LogP) is 17.0. The number of carbonyl (C=O) groups is 4. The van der Waals surface area contributed by atoms with Gasteiger partial charge in [-0.3, -0.25) is 0 Å². The highest BCUT2D eigenvalue weighted by atomic mass is 80.0. The molecule has 3 aromatic rings. The lowest BCUT2D eigenvalue weighted by molar-refractivity contribution is -0.146. The van der Waals surface area contributed by atoms with E-state index < -0.39 is 36.1 Å². The van der Waals surface area contributed by atoms with Crippen molar-refractivity contribution in [2.75, 3.05) is 23.8 Å². The zero-order chi connectivity index (χ0) is 49.6. The van der Waals surface area contributed by atoms with Crippen molar-refractivity contribution in [3.63, 3.8) is 0 Å². The van der Waals surface area contributed by atoms with Crippen LogP contribution < -0.4 is 21.3 Å². The summed E-state index contributed by atoms with van der Waals surface area (Å²) in [6.45, 7) is 0.501. The summed E-state index contributed by atoms with van der Waals surface area (Å²) in [6.07, 6.45) is 22.2. The topological polar surface area (TPSA) is 135 Å². The van der Waals surface area contributed by atoms with Crippen LogP contribution in [0.25, 0.3) is 0 Å². The average Bonchev–Trinajstić information content (AvgIpc) is 3.28. The molecule has 10 nitrogen and oxygen atoms in total. The maximum Gasteiger partial charge on any atom is 0.329 e. The molecule has 2 atom stereocenters. The molecule has 18 heteroatoms. The van der Waals surface area contributed by atoms with E-state index in [1.54, 1.807) is 0 Å². The van der Waals surface area contributed by atoms with Crippen molar-refractivity contribution >= 4 is 154 Å². The quantitative estimate of drug-likeness (QED) is 0.0279. The number of benzene rings is 3. The Bertz CT molecular complexity index is 1800. The first-order chi connectivity index (χ1) is 32.5. The van der Waals surface area contributed by atoms with Crippen LogP contribution in [-0.4, -0.2) is 53.6 Å². The van der Waals surface area contributed by atoms with Crippen molar-refractivity contribution in [2.45, 2.75) is 158 Å². The number of urea groups is 2. The molecule has 68 heavy (non-hydrogen) atoms. The first kappa shape index (κ1) is 60.9. The fourth-order valence-electron chi connectivity index (χ4n) is 7.34. The Hall–Kier alpha value is -1.40. The van der Waals surface area contributed by atoms with E-state index in [-0.39, 0.29) is 51.8 Å². The fourth-order valence-corrected chi connectivity index (χ4v) is 9.50. The molecule has 3 aromatic carbocycles. The van der Waals surface area contributed by atoms with Crippen LogP contribution in [0.3, 0.4) is 0 Å². The number of alkyl halides is 6. The molecule has 0 aliphatic rings. The second kappa shape index (κ2) is 34.9. The summed E-state index contributed by atoms with van der Waals surface area (Å²) in [6, 6.07) is 18.1. The number of ether oxygens (including phenoxy) is 2. The molecule has 0 radical (unpaired) electrons. The first-order valence-electron chi connectivity index (χ1n) is 23.7. The molecule has 0 saturated carbocycles. The van der Waals surface area contributed by atoms with E-state index in [1.165, 1.54) is 63.5 Å². The van der Waals surface area contributed by atoms with Gasteiger partial charge >= 0.3 is 24.0 Å². The van der Waals surface area contributed by atoms with Crippen molar-refractivity contribution in [3.8, 4) is 0 Å². The molecule has 0 aromatic heterocycles. The van der Waals surface area contributed by atoms with Gasteiger partial charge in [-0.2, -0.15) is 0 Å². The van der Waals surface area contributed by atoms with E-state index in [1.807, 2.05) is 60.7 Å². The number of amides is 4. The van der Waals surface area contributed by atoms with Crippen LogP contribution in [0.15, 0.2) is 72.8 Å². The van der Waals surface area contributed by atoms with E-state index in [9.17, 15) is 19.2 Å². The summed E-state index contributed by atoms with van der Waals surface area (Å²) in [4.78, 5) is 53.6. The van der Waals surface area contributed by atoms with Crippen LogP contribution in [0.4, 0.5) is 21.0 Å². The number of unbranched alkanes of at least 4 members (excludes halogenated alkanes) is 16. The SMILES string of the molecule is O=C(Nc1cc(NC(=O)N[C@@H](Cc2ccccc2)C(=O)OCCCCCCCCCCCC(Br)(Br)Br)c(Cl)cc1Cl)N[C@@H](Cc1ccccc1)C(=O)OCCCCCCCCCCCC(Br)(Br)Br. The number of halogens is 8. The second-order valence-electron chi connectivity index (χ2n) is 16.9. The lowest BCUT2D eigenvalue weighted by atomic mass is 10.1. The zero-order valence-electron chi connectivity index (χ0n) is 38.5. The molecule has 0 unspecified atom stereocenters. The smallest absolute Gasteiger partial charge is 0.329 e. The number of hydrogen-bond donors (Lipinski definition) is 4. The van der Waals surface area contributed by atoms with Gasteiger partial charge in [-0.1, -0.05) is 282 Å². The summed E-state index contributed by atoms with van der Waals surface area (Å²) in [5, 5.41) is 11.1. The van der Waals surface area contributed by atoms with Crippen molar-refractivity contribution in [1.82, 2.24) is 10.6 Å². The highest BCUT2D eigenvalue weighted by Crippen LogP contribution is 2.39. The van der Waals surface area contributed by atoms with Gasteiger partial charge in [-0.25, -0.2) is 19.2 Å². The molecular formula is C50H66Br6Cl2N4O6. The average molecular weight is 1370 g/mol. The van der Waals surface area contributed by atoms with Crippen LogP contribution in [0.5, 0.6) is 0 Å². The third-order valence-corrected chi connectivity index (χ3v) is 14.0. The molecule has 3 rings (SSSR count). The Balaban J connectivity index is 1.50. The number of hydrogen-bond acceptors (Lipinski definition) is 6. The van der Waals surface area contributed by atoms with E-state index in [0.717, 1.165) is 88.2 Å². The van der Waals surface area contributed by atoms with Crippen molar-refractivity contribution in [3.05, 3.63) is 94.0 Å². The summed E-state index contributed by atoms with van der Waals surface area (Å²) >= 11 is 34.3. The van der Waals surface area contributed by atoms with Gasteiger partial charge in [0.15, 0.2) is 0 Å². The number of rotatable bonds is 32. The van der Waals surface area contributed by atoms with Gasteiger partial charge in [-0.15, -0.1) is 0 Å². The van der Waals surface area contributed by atoms with E-state index in [0.29, 0.717) is 0 Å². The van der Waals surface area contributed by atoms with Gasteiger partial charge in [0.1, 0.15) is 16.4 Å². The summed E-state index contributed by atoms with van der Waals surface area (Å²) in [5.74, 6) is -1.10. The zero-order valence-corrected chi connectivity index (χ0v) is 49.6. The number of carbonyl (C=O) groups excluding carboxylic acids is 4. The fraction of sp³-hybridized carbons (Fsp3) is 0.560. The molecular weight excluding hydrogens is 1300 g/mol. The van der Waals surface area contributed by atoms with Gasteiger partial charge in [0.25, 0.3) is 0 Å². The third-order valence-electron chi connectivity index (χ3n) is 11.0. The minimum atomic E-state index is -0.989. The number of anilines is 2. The lowest BCUT2D eigenvalue weighted by Crippen LogP contribution is -2.45. The lowest BCUT2D eigenvalue weighted by Gasteiger charge is -2.20. The molecule has 0 aliphatic carbocycles. The standard InChI is InChI=1S/C50H66Br6Cl2N4O6/c51-49(52,53)29-21-11-7-3-1-5-9-13-23-31-67-45(63)43(33-37-25-17-15-18-26-37)61-47(65)59-41-36-42(40(58)35-39(41)57)60-48(66)62-44(34-38-27-19-16-20-28-38)46(64)68-32-24-14-10-6-2-4-8-12-22-30-50(54,55)56/h15-20,25-28,35-36,43-44H,1-14,21-24,29-34H2,(H2,59,61,65)(H2,60,62,66)/t43-,44-/m0/s1. The van der Waals surface area contributed by atoms with E-state index in [2.05, 4.69) is 117 Å². The summed E-state index contributed by atoms with van der Waals surface area (Å²) < 4.78 is 11.0. The first-order valence-corrected chi connectivity index (χ1v) is 29.2. The Morgan fingerprint density at radius 3 is 1.09 bits per heavy atom. The van der Waals surface area contributed by atoms with Gasteiger partial charge in [0.2, 0.25) is 0 Å². The van der Waals surface area contributed by atoms with Gasteiger partial charge < -0.3 is 30.7 Å². The monoisotopic (exact) mass is 1360 g/mol. The van der Waals surface area contributed by atoms with Crippen LogP contribution in [0.2, 0.25) is 10.0 Å². The Labute approximate surface area is 464 Å². The molecule has 4 N–H and O–H groups in total. The molecule has 0 spiro atoms. The Morgan fingerprint density at radius 2 is 0.765 bits per heavy atom. The third kappa shape index (κ3) is 29.2. The molecule has 0 fully saturated rings. The van der Waals surface area contributed by atoms with Gasteiger partial charge in [-0.05, 0) is 48.9 Å². The maximum absolute atomic E-state index is 13.4. The molecule has 0 saturated heterocycles. The van der Waals surface area contributed by atoms with Crippen molar-refractivity contribution < 1.29 is 28.7 Å². The van der Waals surface area contributed by atoms with E-state index >= 15 is 0 Å². The predicted molar refractivity (Wildman–Crippen MR) is 302 cm³/mol. The minimum Gasteiger partial charge on any atom is -0.464 e. The summed E-state index contributed by atoms with van der Waals surface area (Å²) in [7, 11) is 0. The van der Waals surface area contributed by atoms with Crippen molar-refractivity contribution in [1.29, 1.82) is 0 Å². The second-order valence-corrected chi connectivity index (χ2v) is 32.2. The summed E-state index contributed by atoms with van der Waals surface area (Å²) in [5.41, 5.74) is 1.93. The normalized spacial score (nSPS) is 12.5. The molecule has 0 heterocycles. The number of nitrogens with one attached hydrogen (secondary N) is 4.